The van der Waals surface area contributed by atoms with E-state index in [1.807, 2.05) is 36.5 Å². The molecule has 0 N–H and O–H groups in total. The van der Waals surface area contributed by atoms with Crippen molar-refractivity contribution in [1.29, 1.82) is 0 Å². The summed E-state index contributed by atoms with van der Waals surface area (Å²) in [6, 6.07) is 9.98. The fourth-order valence-electron chi connectivity index (χ4n) is 1.39. The maximum Gasteiger partial charge on any atom is 0.119 e. The van der Waals surface area contributed by atoms with E-state index in [0.29, 0.717) is 0 Å². The number of methoxy groups -OCH3 is 1. The van der Waals surface area contributed by atoms with Crippen molar-refractivity contribution in [1.82, 2.24) is 4.98 Å². The van der Waals surface area contributed by atoms with E-state index in [-0.39, 0.29) is 0 Å². The zero-order valence-corrected chi connectivity index (χ0v) is 13.7. The minimum Gasteiger partial charge on any atom is -0.497 e. The first kappa shape index (κ1) is 13.9. The molecule has 2 nitrogen and oxygen atoms in total. The molecule has 0 atom stereocenters. The second kappa shape index (κ2) is 6.59. The fraction of sp³-hybridized carbons (Fsp3) is 0.154. The van der Waals surface area contributed by atoms with Crippen molar-refractivity contribution < 1.29 is 4.74 Å². The summed E-state index contributed by atoms with van der Waals surface area (Å²) in [5.74, 6) is 1.73. The van der Waals surface area contributed by atoms with Crippen LogP contribution in [0.15, 0.2) is 50.5 Å². The maximum absolute atomic E-state index is 5.23. The van der Waals surface area contributed by atoms with E-state index in [1.165, 1.54) is 5.56 Å². The highest BCUT2D eigenvalue weighted by atomic mass is 79.9. The second-order valence-corrected chi connectivity index (χ2v) is 6.33. The van der Waals surface area contributed by atoms with Crippen molar-refractivity contribution in [2.45, 2.75) is 10.8 Å². The summed E-state index contributed by atoms with van der Waals surface area (Å²) >= 11 is 8.62. The summed E-state index contributed by atoms with van der Waals surface area (Å²) in [5.41, 5.74) is 1.20. The quantitative estimate of drug-likeness (QED) is 0.695. The van der Waals surface area contributed by atoms with E-state index in [4.69, 9.17) is 4.74 Å². The first-order valence-electron chi connectivity index (χ1n) is 5.26. The van der Waals surface area contributed by atoms with Gasteiger partial charge in [0.25, 0.3) is 0 Å². The highest BCUT2D eigenvalue weighted by molar-refractivity contribution is 9.10. The third-order valence-electron chi connectivity index (χ3n) is 2.33. The van der Waals surface area contributed by atoms with Gasteiger partial charge in [0.05, 0.1) is 12.1 Å². The first-order chi connectivity index (χ1) is 8.69. The topological polar surface area (TPSA) is 22.1 Å². The molecule has 0 spiro atoms. The Morgan fingerprint density at radius 2 is 2.06 bits per heavy atom. The van der Waals surface area contributed by atoms with Gasteiger partial charge in [0.15, 0.2) is 0 Å². The zero-order valence-electron chi connectivity index (χ0n) is 9.69. The van der Waals surface area contributed by atoms with Crippen molar-refractivity contribution in [3.63, 3.8) is 0 Å². The molecule has 0 aliphatic heterocycles. The molecule has 0 fully saturated rings. The molecule has 18 heavy (non-hydrogen) atoms. The van der Waals surface area contributed by atoms with E-state index in [9.17, 15) is 0 Å². The third kappa shape index (κ3) is 3.73. The van der Waals surface area contributed by atoms with E-state index < -0.39 is 0 Å². The lowest BCUT2D eigenvalue weighted by Crippen LogP contribution is -1.88. The van der Waals surface area contributed by atoms with Gasteiger partial charge in [0, 0.05) is 20.9 Å². The highest BCUT2D eigenvalue weighted by Crippen LogP contribution is 2.29. The van der Waals surface area contributed by atoms with Gasteiger partial charge in [-0.1, -0.05) is 15.9 Å². The molecule has 5 heteroatoms. The third-order valence-corrected chi connectivity index (χ3v) is 4.56. The van der Waals surface area contributed by atoms with Crippen LogP contribution in [0.1, 0.15) is 5.56 Å². The smallest absolute Gasteiger partial charge is 0.119 e. The Labute approximate surface area is 127 Å². The highest BCUT2D eigenvalue weighted by Gasteiger charge is 2.04. The average molecular weight is 389 g/mol. The van der Waals surface area contributed by atoms with Gasteiger partial charge in [-0.2, -0.15) is 0 Å². The molecular formula is C13H11Br2NOS. The summed E-state index contributed by atoms with van der Waals surface area (Å²) in [6.45, 7) is 0. The standard InChI is InChI=1S/C13H11Br2NOS/c1-17-11-3-4-12(15)9(6-11)8-18-13-5-2-10(14)7-16-13/h2-7H,8H2,1H3. The molecular weight excluding hydrogens is 378 g/mol. The first-order valence-corrected chi connectivity index (χ1v) is 7.83. The molecule has 1 aromatic heterocycles. The van der Waals surface area contributed by atoms with Crippen LogP contribution in [0.25, 0.3) is 0 Å². The van der Waals surface area contributed by atoms with Gasteiger partial charge in [-0.25, -0.2) is 4.98 Å². The van der Waals surface area contributed by atoms with Gasteiger partial charge >= 0.3 is 0 Å². The number of pyridine rings is 1. The predicted octanol–water partition coefficient (Wildman–Crippen LogP) is 4.91. The average Bonchev–Trinajstić information content (AvgIpc) is 2.40. The molecule has 0 amide bonds. The molecule has 2 aromatic rings. The molecule has 0 bridgehead atoms. The van der Waals surface area contributed by atoms with Crippen LogP contribution < -0.4 is 4.74 Å². The lowest BCUT2D eigenvalue weighted by Gasteiger charge is -2.07. The normalized spacial score (nSPS) is 10.4. The number of benzene rings is 1. The Morgan fingerprint density at radius 1 is 1.22 bits per heavy atom. The van der Waals surface area contributed by atoms with Crippen molar-refractivity contribution in [2.75, 3.05) is 7.11 Å². The van der Waals surface area contributed by atoms with Crippen LogP contribution in [0.5, 0.6) is 5.75 Å². The van der Waals surface area contributed by atoms with Gasteiger partial charge in [-0.15, -0.1) is 11.8 Å². The van der Waals surface area contributed by atoms with Crippen LogP contribution in [-0.2, 0) is 5.75 Å². The van der Waals surface area contributed by atoms with Crippen molar-refractivity contribution >= 4 is 43.6 Å². The molecule has 0 aliphatic carbocycles. The van der Waals surface area contributed by atoms with Gasteiger partial charge in [-0.3, -0.25) is 0 Å². The maximum atomic E-state index is 5.23. The second-order valence-electron chi connectivity index (χ2n) is 3.56. The molecule has 94 valence electrons. The molecule has 0 aliphatic rings. The molecule has 1 aromatic carbocycles. The van der Waals surface area contributed by atoms with Gasteiger partial charge < -0.3 is 4.74 Å². The number of hydrogen-bond acceptors (Lipinski definition) is 3. The lowest BCUT2D eigenvalue weighted by molar-refractivity contribution is 0.414. The Kier molecular flexibility index (Phi) is 5.09. The van der Waals surface area contributed by atoms with Gasteiger partial charge in [-0.05, 0) is 51.8 Å². The Morgan fingerprint density at radius 3 is 2.72 bits per heavy atom. The Bertz CT molecular complexity index is 531. The van der Waals surface area contributed by atoms with E-state index in [1.54, 1.807) is 18.9 Å². The number of nitrogens with zero attached hydrogens (tertiary/aromatic N) is 1. The van der Waals surface area contributed by atoms with Gasteiger partial charge in [0.2, 0.25) is 0 Å². The van der Waals surface area contributed by atoms with E-state index in [0.717, 1.165) is 25.5 Å². The van der Waals surface area contributed by atoms with Crippen molar-refractivity contribution in [2.24, 2.45) is 0 Å². The Balaban J connectivity index is 2.07. The minimum atomic E-state index is 0.854. The molecule has 0 saturated heterocycles. The summed E-state index contributed by atoms with van der Waals surface area (Å²) in [6.07, 6.45) is 1.81. The number of halogens is 2. The van der Waals surface area contributed by atoms with Crippen molar-refractivity contribution in [3.8, 4) is 5.75 Å². The van der Waals surface area contributed by atoms with Crippen LogP contribution in [0, 0.1) is 0 Å². The number of rotatable bonds is 4. The van der Waals surface area contributed by atoms with Crippen LogP contribution in [-0.4, -0.2) is 12.1 Å². The number of hydrogen-bond donors (Lipinski definition) is 0. The minimum absolute atomic E-state index is 0.854. The number of thioether (sulfide) groups is 1. The lowest BCUT2D eigenvalue weighted by atomic mass is 10.2. The van der Waals surface area contributed by atoms with Crippen LogP contribution >= 0.6 is 43.6 Å². The summed E-state index contributed by atoms with van der Waals surface area (Å²) in [5, 5.41) is 1.01. The Hall–Kier alpha value is -0.520. The fourth-order valence-corrected chi connectivity index (χ4v) is 3.03. The largest absolute Gasteiger partial charge is 0.497 e. The zero-order chi connectivity index (χ0) is 13.0. The van der Waals surface area contributed by atoms with E-state index >= 15 is 0 Å². The summed E-state index contributed by atoms with van der Waals surface area (Å²) in [4.78, 5) is 4.34. The summed E-state index contributed by atoms with van der Waals surface area (Å²) < 4.78 is 7.31. The molecule has 0 radical (unpaired) electrons. The van der Waals surface area contributed by atoms with Crippen LogP contribution in [0.4, 0.5) is 0 Å². The van der Waals surface area contributed by atoms with Crippen LogP contribution in [0.3, 0.4) is 0 Å². The van der Waals surface area contributed by atoms with Gasteiger partial charge in [0.1, 0.15) is 5.75 Å². The number of ether oxygens (including phenoxy) is 1. The number of aromatic nitrogens is 1. The van der Waals surface area contributed by atoms with Crippen LogP contribution in [0.2, 0.25) is 0 Å². The van der Waals surface area contributed by atoms with Crippen molar-refractivity contribution in [3.05, 3.63) is 51.0 Å². The molecule has 0 unspecified atom stereocenters. The monoisotopic (exact) mass is 387 g/mol. The molecule has 2 rings (SSSR count). The summed E-state index contributed by atoms with van der Waals surface area (Å²) in [7, 11) is 1.68. The predicted molar refractivity (Wildman–Crippen MR) is 82.2 cm³/mol. The SMILES string of the molecule is COc1ccc(Br)c(CSc2ccc(Br)cn2)c1. The molecule has 1 heterocycles. The van der Waals surface area contributed by atoms with E-state index in [2.05, 4.69) is 36.8 Å². The molecule has 0 saturated carbocycles.